The molecular weight excluding hydrogens is 317 g/mol. The van der Waals surface area contributed by atoms with E-state index in [1.54, 1.807) is 12.1 Å². The molecule has 2 N–H and O–H groups in total. The summed E-state index contributed by atoms with van der Waals surface area (Å²) in [6.45, 7) is 1.04. The molecule has 9 heteroatoms. The summed E-state index contributed by atoms with van der Waals surface area (Å²) in [5.74, 6) is -1.07. The number of amides is 2. The van der Waals surface area contributed by atoms with Crippen LogP contribution in [0.25, 0.3) is 0 Å². The highest BCUT2D eigenvalue weighted by molar-refractivity contribution is 5.83. The van der Waals surface area contributed by atoms with E-state index < -0.39 is 31.2 Å². The van der Waals surface area contributed by atoms with E-state index in [0.29, 0.717) is 5.75 Å². The van der Waals surface area contributed by atoms with E-state index in [2.05, 4.69) is 4.74 Å². The number of hydrogen-bond donors (Lipinski definition) is 2. The lowest BCUT2D eigenvalue weighted by atomic mass is 10.1. The summed E-state index contributed by atoms with van der Waals surface area (Å²) >= 11 is 0. The SMILES string of the molecule is Cc1cc(C)cc(OCC(=O)NNC(=O)COCC(F)(F)F)c1. The van der Waals surface area contributed by atoms with Gasteiger partial charge in [0.2, 0.25) is 0 Å². The molecule has 0 fully saturated rings. The van der Waals surface area contributed by atoms with E-state index in [-0.39, 0.29) is 6.61 Å². The number of hydrazine groups is 1. The number of alkyl halides is 3. The molecule has 0 aliphatic heterocycles. The van der Waals surface area contributed by atoms with Crippen molar-refractivity contribution < 1.29 is 32.2 Å². The Kier molecular flexibility index (Phi) is 6.83. The quantitative estimate of drug-likeness (QED) is 0.771. The monoisotopic (exact) mass is 334 g/mol. The van der Waals surface area contributed by atoms with E-state index in [4.69, 9.17) is 4.74 Å². The van der Waals surface area contributed by atoms with Crippen LogP contribution in [0.1, 0.15) is 11.1 Å². The maximum atomic E-state index is 11.8. The van der Waals surface area contributed by atoms with Crippen molar-refractivity contribution in [1.29, 1.82) is 0 Å². The number of carbonyl (C=O) groups excluding carboxylic acids is 2. The summed E-state index contributed by atoms with van der Waals surface area (Å²) in [6, 6.07) is 5.42. The van der Waals surface area contributed by atoms with E-state index in [0.717, 1.165) is 11.1 Å². The third kappa shape index (κ3) is 8.67. The van der Waals surface area contributed by atoms with Gasteiger partial charge in [-0.3, -0.25) is 20.4 Å². The van der Waals surface area contributed by atoms with Crippen molar-refractivity contribution in [3.05, 3.63) is 29.3 Å². The number of benzene rings is 1. The summed E-state index contributed by atoms with van der Waals surface area (Å²) in [7, 11) is 0. The number of nitrogens with one attached hydrogen (secondary N) is 2. The summed E-state index contributed by atoms with van der Waals surface area (Å²) in [4.78, 5) is 22.6. The topological polar surface area (TPSA) is 76.7 Å². The fourth-order valence-electron chi connectivity index (χ4n) is 1.64. The summed E-state index contributed by atoms with van der Waals surface area (Å²) in [5, 5.41) is 0. The fourth-order valence-corrected chi connectivity index (χ4v) is 1.64. The van der Waals surface area contributed by atoms with Crippen LogP contribution in [0.4, 0.5) is 13.2 Å². The molecule has 0 aromatic heterocycles. The zero-order valence-electron chi connectivity index (χ0n) is 12.6. The second-order valence-electron chi connectivity index (χ2n) is 4.82. The molecule has 23 heavy (non-hydrogen) atoms. The Labute approximate surface area is 130 Å². The molecule has 128 valence electrons. The predicted octanol–water partition coefficient (Wildman–Crippen LogP) is 1.41. The van der Waals surface area contributed by atoms with E-state index in [1.807, 2.05) is 30.8 Å². The van der Waals surface area contributed by atoms with Crippen molar-refractivity contribution >= 4 is 11.8 Å². The van der Waals surface area contributed by atoms with Crippen molar-refractivity contribution in [3.8, 4) is 5.75 Å². The van der Waals surface area contributed by atoms with Crippen molar-refractivity contribution in [2.45, 2.75) is 20.0 Å². The van der Waals surface area contributed by atoms with Crippen LogP contribution in [0.3, 0.4) is 0 Å². The molecule has 0 aliphatic rings. The Balaban J connectivity index is 2.25. The summed E-state index contributed by atoms with van der Waals surface area (Å²) in [6.07, 6.45) is -4.51. The average molecular weight is 334 g/mol. The summed E-state index contributed by atoms with van der Waals surface area (Å²) < 4.78 is 44.8. The van der Waals surface area contributed by atoms with Gasteiger partial charge < -0.3 is 9.47 Å². The molecule has 1 aromatic carbocycles. The van der Waals surface area contributed by atoms with Gasteiger partial charge in [-0.25, -0.2) is 0 Å². The summed E-state index contributed by atoms with van der Waals surface area (Å²) in [5.41, 5.74) is 5.86. The normalized spacial score (nSPS) is 11.0. The van der Waals surface area contributed by atoms with Gasteiger partial charge in [0.05, 0.1) is 0 Å². The van der Waals surface area contributed by atoms with Crippen molar-refractivity contribution in [1.82, 2.24) is 10.9 Å². The van der Waals surface area contributed by atoms with Crippen LogP contribution in [-0.4, -0.2) is 37.8 Å². The molecular formula is C14H17F3N2O4. The molecule has 0 aliphatic carbocycles. The largest absolute Gasteiger partial charge is 0.484 e. The minimum Gasteiger partial charge on any atom is -0.484 e. The number of hydrogen-bond acceptors (Lipinski definition) is 4. The van der Waals surface area contributed by atoms with Gasteiger partial charge in [0.1, 0.15) is 19.0 Å². The smallest absolute Gasteiger partial charge is 0.411 e. The van der Waals surface area contributed by atoms with Crippen LogP contribution in [-0.2, 0) is 14.3 Å². The lowest BCUT2D eigenvalue weighted by Gasteiger charge is -2.10. The second kappa shape index (κ2) is 8.37. The molecule has 2 amide bonds. The first-order valence-corrected chi connectivity index (χ1v) is 6.59. The highest BCUT2D eigenvalue weighted by Gasteiger charge is 2.27. The number of aryl methyl sites for hydroxylation is 2. The van der Waals surface area contributed by atoms with Gasteiger partial charge in [0.25, 0.3) is 11.8 Å². The van der Waals surface area contributed by atoms with E-state index in [9.17, 15) is 22.8 Å². The van der Waals surface area contributed by atoms with Gasteiger partial charge >= 0.3 is 6.18 Å². The molecule has 1 rings (SSSR count). The molecule has 0 bridgehead atoms. The van der Waals surface area contributed by atoms with Crippen LogP contribution < -0.4 is 15.6 Å². The minimum atomic E-state index is -4.51. The predicted molar refractivity (Wildman–Crippen MR) is 74.6 cm³/mol. The molecule has 0 heterocycles. The Morgan fingerprint density at radius 1 is 1.00 bits per heavy atom. The van der Waals surface area contributed by atoms with Gasteiger partial charge in [-0.2, -0.15) is 13.2 Å². The first-order chi connectivity index (χ1) is 10.7. The molecule has 0 unspecified atom stereocenters. The van der Waals surface area contributed by atoms with Crippen molar-refractivity contribution in [3.63, 3.8) is 0 Å². The maximum absolute atomic E-state index is 11.8. The first kappa shape index (κ1) is 18.8. The Hall–Kier alpha value is -2.29. The third-order valence-corrected chi connectivity index (χ3v) is 2.41. The maximum Gasteiger partial charge on any atom is 0.411 e. The molecule has 0 saturated carbocycles. The van der Waals surface area contributed by atoms with E-state index >= 15 is 0 Å². The Bertz CT molecular complexity index is 541. The second-order valence-corrected chi connectivity index (χ2v) is 4.82. The lowest BCUT2D eigenvalue weighted by Crippen LogP contribution is -2.45. The van der Waals surface area contributed by atoms with Crippen LogP contribution >= 0.6 is 0 Å². The minimum absolute atomic E-state index is 0.355. The molecule has 0 spiro atoms. The van der Waals surface area contributed by atoms with Crippen LogP contribution in [0.15, 0.2) is 18.2 Å². The molecule has 1 aromatic rings. The highest BCUT2D eigenvalue weighted by Crippen LogP contribution is 2.16. The van der Waals surface area contributed by atoms with Crippen molar-refractivity contribution in [2.24, 2.45) is 0 Å². The Morgan fingerprint density at radius 3 is 2.04 bits per heavy atom. The lowest BCUT2D eigenvalue weighted by molar-refractivity contribution is -0.176. The zero-order chi connectivity index (χ0) is 17.5. The first-order valence-electron chi connectivity index (χ1n) is 6.59. The van der Waals surface area contributed by atoms with Gasteiger partial charge in [0.15, 0.2) is 6.61 Å². The van der Waals surface area contributed by atoms with Crippen LogP contribution in [0, 0.1) is 13.8 Å². The molecule has 0 saturated heterocycles. The van der Waals surface area contributed by atoms with Gasteiger partial charge in [-0.05, 0) is 37.1 Å². The van der Waals surface area contributed by atoms with Gasteiger partial charge in [-0.15, -0.1) is 0 Å². The third-order valence-electron chi connectivity index (χ3n) is 2.41. The van der Waals surface area contributed by atoms with Gasteiger partial charge in [-0.1, -0.05) is 6.07 Å². The number of rotatable bonds is 6. The molecule has 0 radical (unpaired) electrons. The molecule has 0 atom stereocenters. The van der Waals surface area contributed by atoms with Crippen molar-refractivity contribution in [2.75, 3.05) is 19.8 Å². The number of carbonyl (C=O) groups is 2. The molecule has 6 nitrogen and oxygen atoms in total. The fraction of sp³-hybridized carbons (Fsp3) is 0.429. The van der Waals surface area contributed by atoms with Crippen LogP contribution in [0.2, 0.25) is 0 Å². The standard InChI is InChI=1S/C14H17F3N2O4/c1-9-3-10(2)5-11(4-9)23-7-13(21)19-18-12(20)6-22-8-14(15,16)17/h3-5H,6-8H2,1-2H3,(H,18,20)(H,19,21). The highest BCUT2D eigenvalue weighted by atomic mass is 19.4. The van der Waals surface area contributed by atoms with Crippen LogP contribution in [0.5, 0.6) is 5.75 Å². The average Bonchev–Trinajstić information content (AvgIpc) is 2.40. The number of halogens is 3. The Morgan fingerprint density at radius 2 is 1.52 bits per heavy atom. The van der Waals surface area contributed by atoms with E-state index in [1.165, 1.54) is 0 Å². The number of ether oxygens (including phenoxy) is 2. The zero-order valence-corrected chi connectivity index (χ0v) is 12.6. The van der Waals surface area contributed by atoms with Gasteiger partial charge in [0, 0.05) is 0 Å².